The molecular weight excluding hydrogens is 341 g/mol. The Morgan fingerprint density at radius 3 is 2.70 bits per heavy atom. The van der Waals surface area contributed by atoms with Gasteiger partial charge in [-0.1, -0.05) is 23.2 Å². The molecule has 0 aromatic heterocycles. The molecule has 130 valence electrons. The van der Waals surface area contributed by atoms with Gasteiger partial charge in [0, 0.05) is 45.0 Å². The molecule has 0 unspecified atom stereocenters. The van der Waals surface area contributed by atoms with Crippen LogP contribution in [0.15, 0.2) is 6.07 Å². The second kappa shape index (κ2) is 8.94. The van der Waals surface area contributed by atoms with Crippen molar-refractivity contribution in [2.45, 2.75) is 19.1 Å². The van der Waals surface area contributed by atoms with Gasteiger partial charge in [-0.3, -0.25) is 4.90 Å². The number of methoxy groups -OCH3 is 3. The molecule has 5 nitrogen and oxygen atoms in total. The van der Waals surface area contributed by atoms with Crippen LogP contribution in [0, 0.1) is 0 Å². The minimum Gasteiger partial charge on any atom is -0.493 e. The van der Waals surface area contributed by atoms with Gasteiger partial charge in [0.1, 0.15) is 0 Å². The van der Waals surface area contributed by atoms with Gasteiger partial charge in [0.05, 0.1) is 37.0 Å². The van der Waals surface area contributed by atoms with E-state index >= 15 is 0 Å². The third-order valence-corrected chi connectivity index (χ3v) is 4.64. The third kappa shape index (κ3) is 4.64. The minimum absolute atomic E-state index is 0.168. The van der Waals surface area contributed by atoms with Crippen LogP contribution >= 0.6 is 23.2 Å². The highest BCUT2D eigenvalue weighted by Crippen LogP contribution is 2.42. The van der Waals surface area contributed by atoms with Crippen molar-refractivity contribution in [3.8, 4) is 11.5 Å². The molecule has 1 fully saturated rings. The third-order valence-electron chi connectivity index (χ3n) is 3.91. The molecule has 23 heavy (non-hydrogen) atoms. The zero-order valence-corrected chi connectivity index (χ0v) is 15.2. The van der Waals surface area contributed by atoms with E-state index in [0.29, 0.717) is 41.3 Å². The normalized spacial score (nSPS) is 18.9. The van der Waals surface area contributed by atoms with E-state index in [2.05, 4.69) is 4.90 Å². The van der Waals surface area contributed by atoms with Gasteiger partial charge in [-0.25, -0.2) is 0 Å². The molecule has 0 bridgehead atoms. The summed E-state index contributed by atoms with van der Waals surface area (Å²) in [7, 11) is 4.83. The first kappa shape index (κ1) is 18.6. The number of nitrogens with zero attached hydrogens (tertiary/aromatic N) is 1. The summed E-state index contributed by atoms with van der Waals surface area (Å²) in [5.74, 6) is 1.05. The Bertz CT molecular complexity index is 527. The van der Waals surface area contributed by atoms with Gasteiger partial charge in [0.25, 0.3) is 0 Å². The fourth-order valence-corrected chi connectivity index (χ4v) is 3.31. The molecule has 1 aliphatic heterocycles. The number of rotatable bonds is 7. The Kier molecular flexibility index (Phi) is 7.24. The SMILES string of the molecule is COCC[C@H]1CN(Cc2c(Cl)cc(OC)c(OC)c2Cl)CCO1. The van der Waals surface area contributed by atoms with Gasteiger partial charge in [0.15, 0.2) is 11.5 Å². The summed E-state index contributed by atoms with van der Waals surface area (Å²) in [5, 5.41) is 1.07. The van der Waals surface area contributed by atoms with E-state index in [1.807, 2.05) is 0 Å². The second-order valence-corrected chi connectivity index (χ2v) is 6.18. The lowest BCUT2D eigenvalue weighted by Gasteiger charge is -2.33. The van der Waals surface area contributed by atoms with Crippen molar-refractivity contribution in [3.63, 3.8) is 0 Å². The lowest BCUT2D eigenvalue weighted by Crippen LogP contribution is -2.42. The molecule has 0 aliphatic carbocycles. The van der Waals surface area contributed by atoms with Crippen LogP contribution in [-0.2, 0) is 16.0 Å². The Hall–Kier alpha value is -0.720. The van der Waals surface area contributed by atoms with E-state index < -0.39 is 0 Å². The quantitative estimate of drug-likeness (QED) is 0.743. The molecule has 1 aromatic carbocycles. The zero-order chi connectivity index (χ0) is 16.8. The zero-order valence-electron chi connectivity index (χ0n) is 13.7. The Morgan fingerprint density at radius 2 is 2.04 bits per heavy atom. The Morgan fingerprint density at radius 1 is 1.26 bits per heavy atom. The first-order chi connectivity index (χ1) is 11.1. The van der Waals surface area contributed by atoms with Crippen LogP contribution in [0.4, 0.5) is 0 Å². The molecular formula is C16H23Cl2NO4. The molecule has 0 amide bonds. The van der Waals surface area contributed by atoms with Crippen molar-refractivity contribution >= 4 is 23.2 Å². The van der Waals surface area contributed by atoms with Crippen molar-refractivity contribution in [2.75, 3.05) is 47.6 Å². The number of benzene rings is 1. The van der Waals surface area contributed by atoms with Gasteiger partial charge in [0.2, 0.25) is 0 Å². The fourth-order valence-electron chi connectivity index (χ4n) is 2.68. The summed E-state index contributed by atoms with van der Waals surface area (Å²) in [5.41, 5.74) is 0.846. The predicted octanol–water partition coefficient (Wildman–Crippen LogP) is 3.25. The van der Waals surface area contributed by atoms with Crippen molar-refractivity contribution in [3.05, 3.63) is 21.7 Å². The highest BCUT2D eigenvalue weighted by Gasteiger charge is 2.24. The van der Waals surface area contributed by atoms with E-state index in [1.54, 1.807) is 27.4 Å². The highest BCUT2D eigenvalue weighted by molar-refractivity contribution is 6.37. The molecule has 7 heteroatoms. The first-order valence-electron chi connectivity index (χ1n) is 7.52. The molecule has 1 atom stereocenters. The smallest absolute Gasteiger partial charge is 0.179 e. The monoisotopic (exact) mass is 363 g/mol. The summed E-state index contributed by atoms with van der Waals surface area (Å²) in [6.45, 7) is 3.69. The maximum absolute atomic E-state index is 6.47. The number of ether oxygens (including phenoxy) is 4. The van der Waals surface area contributed by atoms with Crippen LogP contribution in [0.2, 0.25) is 10.0 Å². The summed E-state index contributed by atoms with van der Waals surface area (Å²) in [6.07, 6.45) is 1.04. The van der Waals surface area contributed by atoms with Gasteiger partial charge in [-0.05, 0) is 6.42 Å². The molecule has 2 rings (SSSR count). The van der Waals surface area contributed by atoms with Gasteiger partial charge < -0.3 is 18.9 Å². The van der Waals surface area contributed by atoms with E-state index in [9.17, 15) is 0 Å². The molecule has 0 N–H and O–H groups in total. The largest absolute Gasteiger partial charge is 0.493 e. The Balaban J connectivity index is 2.13. The number of halogens is 2. The maximum atomic E-state index is 6.47. The van der Waals surface area contributed by atoms with E-state index in [-0.39, 0.29) is 6.10 Å². The van der Waals surface area contributed by atoms with Crippen molar-refractivity contribution in [2.24, 2.45) is 0 Å². The molecule has 0 radical (unpaired) electrons. The van der Waals surface area contributed by atoms with Crippen LogP contribution in [0.3, 0.4) is 0 Å². The average Bonchev–Trinajstić information content (AvgIpc) is 2.56. The van der Waals surface area contributed by atoms with Crippen molar-refractivity contribution in [1.29, 1.82) is 0 Å². The van der Waals surface area contributed by atoms with Gasteiger partial charge in [-0.2, -0.15) is 0 Å². The van der Waals surface area contributed by atoms with Crippen LogP contribution in [-0.4, -0.2) is 58.6 Å². The summed E-state index contributed by atoms with van der Waals surface area (Å²) in [4.78, 5) is 2.28. The van der Waals surface area contributed by atoms with Crippen molar-refractivity contribution < 1.29 is 18.9 Å². The lowest BCUT2D eigenvalue weighted by molar-refractivity contribution is -0.0432. The van der Waals surface area contributed by atoms with Gasteiger partial charge >= 0.3 is 0 Å². The van der Waals surface area contributed by atoms with E-state index in [4.69, 9.17) is 42.1 Å². The topological polar surface area (TPSA) is 40.2 Å². The summed E-state index contributed by atoms with van der Waals surface area (Å²) >= 11 is 12.9. The average molecular weight is 364 g/mol. The summed E-state index contributed by atoms with van der Waals surface area (Å²) in [6, 6.07) is 1.74. The predicted molar refractivity (Wildman–Crippen MR) is 91.1 cm³/mol. The fraction of sp³-hybridized carbons (Fsp3) is 0.625. The van der Waals surface area contributed by atoms with E-state index in [1.165, 1.54) is 0 Å². The highest BCUT2D eigenvalue weighted by atomic mass is 35.5. The number of morpholine rings is 1. The molecule has 1 aromatic rings. The van der Waals surface area contributed by atoms with Crippen LogP contribution in [0.25, 0.3) is 0 Å². The summed E-state index contributed by atoms with van der Waals surface area (Å²) < 4.78 is 21.5. The maximum Gasteiger partial charge on any atom is 0.179 e. The first-order valence-corrected chi connectivity index (χ1v) is 8.28. The van der Waals surface area contributed by atoms with Gasteiger partial charge in [-0.15, -0.1) is 0 Å². The second-order valence-electron chi connectivity index (χ2n) is 5.40. The molecule has 1 saturated heterocycles. The standard InChI is InChI=1S/C16H23Cl2NO4/c1-20-6-4-11-9-19(5-7-23-11)10-12-13(17)8-14(21-2)16(22-3)15(12)18/h8,11H,4-7,9-10H2,1-3H3/t11-/m0/s1. The molecule has 0 spiro atoms. The molecule has 0 saturated carbocycles. The van der Waals surface area contributed by atoms with Crippen LogP contribution in [0.1, 0.15) is 12.0 Å². The molecule has 1 heterocycles. The minimum atomic E-state index is 0.168. The van der Waals surface area contributed by atoms with Crippen LogP contribution in [0.5, 0.6) is 11.5 Å². The Labute approximate surface area is 147 Å². The molecule has 1 aliphatic rings. The lowest BCUT2D eigenvalue weighted by atomic mass is 10.1. The van der Waals surface area contributed by atoms with Crippen LogP contribution < -0.4 is 9.47 Å². The number of hydrogen-bond donors (Lipinski definition) is 0. The number of hydrogen-bond acceptors (Lipinski definition) is 5. The van der Waals surface area contributed by atoms with Crippen molar-refractivity contribution in [1.82, 2.24) is 4.90 Å². The van der Waals surface area contributed by atoms with E-state index in [0.717, 1.165) is 25.1 Å².